The fourth-order valence-corrected chi connectivity index (χ4v) is 2.72. The van der Waals surface area contributed by atoms with Gasteiger partial charge in [-0.3, -0.25) is 4.79 Å². The van der Waals surface area contributed by atoms with Gasteiger partial charge in [0.1, 0.15) is 11.4 Å². The van der Waals surface area contributed by atoms with Gasteiger partial charge in [0.25, 0.3) is 5.91 Å². The lowest BCUT2D eigenvalue weighted by Gasteiger charge is -2.21. The maximum atomic E-state index is 12.2. The van der Waals surface area contributed by atoms with Crippen molar-refractivity contribution < 1.29 is 9.53 Å². The quantitative estimate of drug-likeness (QED) is 0.910. The molecule has 1 aliphatic heterocycles. The van der Waals surface area contributed by atoms with E-state index in [0.717, 1.165) is 29.7 Å². The summed E-state index contributed by atoms with van der Waals surface area (Å²) in [6.07, 6.45) is 1.71. The Morgan fingerprint density at radius 1 is 1.43 bits per heavy atom. The van der Waals surface area contributed by atoms with Crippen LogP contribution in [0.4, 0.5) is 0 Å². The molecule has 2 heterocycles. The van der Waals surface area contributed by atoms with Crippen LogP contribution in [-0.4, -0.2) is 28.1 Å². The Bertz CT molecular complexity index is 645. The summed E-state index contributed by atoms with van der Waals surface area (Å²) in [7, 11) is 0. The van der Waals surface area contributed by atoms with Gasteiger partial charge in [-0.25, -0.2) is 4.98 Å². The minimum Gasteiger partial charge on any atom is -0.365 e. The number of aryl methyl sites for hydroxylation is 2. The average molecular weight is 287 g/mol. The normalized spacial score (nSPS) is 21.9. The SMILES string of the molecule is Cc1cc2nc(CNC(=O)[C@@]3(C)CCCO3)[nH]c2cc1C. The molecule has 1 aromatic heterocycles. The zero-order chi connectivity index (χ0) is 15.0. The number of imidazole rings is 1. The summed E-state index contributed by atoms with van der Waals surface area (Å²) in [4.78, 5) is 20.0. The number of carbonyl (C=O) groups is 1. The van der Waals surface area contributed by atoms with E-state index >= 15 is 0 Å². The number of carbonyl (C=O) groups excluding carboxylic acids is 1. The Morgan fingerprint density at radius 3 is 2.90 bits per heavy atom. The average Bonchev–Trinajstić information content (AvgIpc) is 3.04. The molecule has 112 valence electrons. The molecule has 0 aliphatic carbocycles. The molecule has 0 saturated carbocycles. The molecular weight excluding hydrogens is 266 g/mol. The lowest BCUT2D eigenvalue weighted by Crippen LogP contribution is -2.43. The van der Waals surface area contributed by atoms with E-state index in [0.29, 0.717) is 13.2 Å². The second kappa shape index (κ2) is 5.15. The van der Waals surface area contributed by atoms with Crippen LogP contribution in [0.25, 0.3) is 11.0 Å². The van der Waals surface area contributed by atoms with Crippen LogP contribution in [0.15, 0.2) is 12.1 Å². The molecule has 0 radical (unpaired) electrons. The summed E-state index contributed by atoms with van der Waals surface area (Å²) in [6, 6.07) is 4.15. The Kier molecular flexibility index (Phi) is 3.45. The minimum atomic E-state index is -0.681. The van der Waals surface area contributed by atoms with Crippen molar-refractivity contribution in [1.82, 2.24) is 15.3 Å². The van der Waals surface area contributed by atoms with Crippen molar-refractivity contribution >= 4 is 16.9 Å². The van der Waals surface area contributed by atoms with Crippen LogP contribution in [0.2, 0.25) is 0 Å². The van der Waals surface area contributed by atoms with E-state index < -0.39 is 5.60 Å². The topological polar surface area (TPSA) is 67.0 Å². The molecule has 0 bridgehead atoms. The smallest absolute Gasteiger partial charge is 0.252 e. The molecule has 5 nitrogen and oxygen atoms in total. The van der Waals surface area contributed by atoms with Gasteiger partial charge in [-0.05, 0) is 56.9 Å². The van der Waals surface area contributed by atoms with E-state index in [4.69, 9.17) is 4.74 Å². The third-order valence-electron chi connectivity index (χ3n) is 4.26. The maximum absolute atomic E-state index is 12.2. The van der Waals surface area contributed by atoms with Gasteiger partial charge in [-0.2, -0.15) is 0 Å². The van der Waals surface area contributed by atoms with Crippen molar-refractivity contribution in [3.05, 3.63) is 29.1 Å². The predicted octanol–water partition coefficient (Wildman–Crippen LogP) is 2.37. The second-order valence-electron chi connectivity index (χ2n) is 6.00. The zero-order valence-corrected chi connectivity index (χ0v) is 12.7. The summed E-state index contributed by atoms with van der Waals surface area (Å²) >= 11 is 0. The molecule has 21 heavy (non-hydrogen) atoms. The van der Waals surface area contributed by atoms with Crippen molar-refractivity contribution in [3.63, 3.8) is 0 Å². The van der Waals surface area contributed by atoms with Gasteiger partial charge in [0.05, 0.1) is 17.6 Å². The molecule has 5 heteroatoms. The molecule has 1 aliphatic rings. The number of hydrogen-bond acceptors (Lipinski definition) is 3. The van der Waals surface area contributed by atoms with Crippen molar-refractivity contribution in [3.8, 4) is 0 Å². The van der Waals surface area contributed by atoms with Crippen LogP contribution in [0.1, 0.15) is 36.7 Å². The molecule has 3 rings (SSSR count). The van der Waals surface area contributed by atoms with Crippen LogP contribution < -0.4 is 5.32 Å². The van der Waals surface area contributed by atoms with Crippen molar-refractivity contribution in [2.24, 2.45) is 0 Å². The highest BCUT2D eigenvalue weighted by molar-refractivity contribution is 5.85. The van der Waals surface area contributed by atoms with Gasteiger partial charge in [0.2, 0.25) is 0 Å². The Balaban J connectivity index is 1.72. The van der Waals surface area contributed by atoms with E-state index in [1.54, 1.807) is 0 Å². The fraction of sp³-hybridized carbons (Fsp3) is 0.500. The monoisotopic (exact) mass is 287 g/mol. The van der Waals surface area contributed by atoms with Crippen LogP contribution in [-0.2, 0) is 16.1 Å². The number of H-pyrrole nitrogens is 1. The molecule has 1 saturated heterocycles. The number of ether oxygens (including phenoxy) is 1. The highest BCUT2D eigenvalue weighted by atomic mass is 16.5. The van der Waals surface area contributed by atoms with Gasteiger partial charge < -0.3 is 15.0 Å². The van der Waals surface area contributed by atoms with Gasteiger partial charge in [-0.1, -0.05) is 0 Å². The van der Waals surface area contributed by atoms with Crippen LogP contribution in [0, 0.1) is 13.8 Å². The molecule has 1 amide bonds. The first kappa shape index (κ1) is 14.1. The number of hydrogen-bond donors (Lipinski definition) is 2. The highest BCUT2D eigenvalue weighted by Crippen LogP contribution is 2.25. The predicted molar refractivity (Wildman–Crippen MR) is 81.0 cm³/mol. The molecule has 0 spiro atoms. The molecule has 1 aromatic carbocycles. The van der Waals surface area contributed by atoms with Crippen LogP contribution >= 0.6 is 0 Å². The van der Waals surface area contributed by atoms with Crippen LogP contribution in [0.5, 0.6) is 0 Å². The molecule has 1 atom stereocenters. The Hall–Kier alpha value is -1.88. The largest absolute Gasteiger partial charge is 0.365 e. The van der Waals surface area contributed by atoms with Crippen LogP contribution in [0.3, 0.4) is 0 Å². The third-order valence-corrected chi connectivity index (χ3v) is 4.26. The molecular formula is C16H21N3O2. The second-order valence-corrected chi connectivity index (χ2v) is 6.00. The van der Waals surface area contributed by atoms with Crippen molar-refractivity contribution in [2.45, 2.75) is 45.8 Å². The molecule has 2 N–H and O–H groups in total. The van der Waals surface area contributed by atoms with E-state index in [9.17, 15) is 4.79 Å². The summed E-state index contributed by atoms with van der Waals surface area (Å²) in [6.45, 7) is 7.05. The van der Waals surface area contributed by atoms with Crippen molar-refractivity contribution in [2.75, 3.05) is 6.61 Å². The number of amides is 1. The number of fused-ring (bicyclic) bond motifs is 1. The van der Waals surface area contributed by atoms with Gasteiger partial charge in [0, 0.05) is 6.61 Å². The zero-order valence-electron chi connectivity index (χ0n) is 12.7. The van der Waals surface area contributed by atoms with E-state index in [2.05, 4.69) is 41.3 Å². The number of benzene rings is 1. The van der Waals surface area contributed by atoms with Gasteiger partial charge >= 0.3 is 0 Å². The lowest BCUT2D eigenvalue weighted by atomic mass is 10.0. The highest BCUT2D eigenvalue weighted by Gasteiger charge is 2.37. The standard InChI is InChI=1S/C16H21N3O2/c1-10-7-12-13(8-11(10)2)19-14(18-12)9-17-15(20)16(3)5-4-6-21-16/h7-8H,4-6,9H2,1-3H3,(H,17,20)(H,18,19)/t16-/m1/s1. The van der Waals surface area contributed by atoms with Crippen molar-refractivity contribution in [1.29, 1.82) is 0 Å². The van der Waals surface area contributed by atoms with E-state index in [1.807, 2.05) is 6.92 Å². The molecule has 0 unspecified atom stereocenters. The lowest BCUT2D eigenvalue weighted by molar-refractivity contribution is -0.139. The van der Waals surface area contributed by atoms with Gasteiger partial charge in [0.15, 0.2) is 0 Å². The number of aromatic nitrogens is 2. The molecule has 2 aromatic rings. The Morgan fingerprint density at radius 2 is 2.19 bits per heavy atom. The number of rotatable bonds is 3. The maximum Gasteiger partial charge on any atom is 0.252 e. The summed E-state index contributed by atoms with van der Waals surface area (Å²) < 4.78 is 5.54. The first-order chi connectivity index (χ1) is 9.98. The summed E-state index contributed by atoms with van der Waals surface area (Å²) in [5.74, 6) is 0.706. The number of nitrogens with one attached hydrogen (secondary N) is 2. The third kappa shape index (κ3) is 2.65. The van der Waals surface area contributed by atoms with E-state index in [-0.39, 0.29) is 5.91 Å². The summed E-state index contributed by atoms with van der Waals surface area (Å²) in [5, 5.41) is 2.91. The van der Waals surface area contributed by atoms with E-state index in [1.165, 1.54) is 11.1 Å². The fourth-order valence-electron chi connectivity index (χ4n) is 2.72. The van der Waals surface area contributed by atoms with Gasteiger partial charge in [-0.15, -0.1) is 0 Å². The number of nitrogens with zero attached hydrogens (tertiary/aromatic N) is 1. The minimum absolute atomic E-state index is 0.0622. The molecule has 1 fully saturated rings. The Labute approximate surface area is 124 Å². The summed E-state index contributed by atoms with van der Waals surface area (Å²) in [5.41, 5.74) is 3.71. The first-order valence-electron chi connectivity index (χ1n) is 7.36. The number of aromatic amines is 1. The first-order valence-corrected chi connectivity index (χ1v) is 7.36.